The second-order valence-electron chi connectivity index (χ2n) is 3.86. The largest absolute Gasteiger partial charge is 0.418 e. The lowest BCUT2D eigenvalue weighted by atomic mass is 10.0. The molecule has 2 nitrogen and oxygen atoms in total. The third kappa shape index (κ3) is 3.03. The number of nitrogens with two attached hydrogens (primary N) is 1. The van der Waals surface area contributed by atoms with Crippen LogP contribution in [-0.2, 0) is 12.6 Å². The molecule has 0 radical (unpaired) electrons. The Labute approximate surface area is 103 Å². The van der Waals surface area contributed by atoms with Crippen LogP contribution in [0.3, 0.4) is 0 Å². The van der Waals surface area contributed by atoms with E-state index < -0.39 is 11.7 Å². The number of nitrogens with zero attached hydrogens (tertiary/aromatic N) is 1. The summed E-state index contributed by atoms with van der Waals surface area (Å²) in [5.41, 5.74) is 4.69. The molecule has 6 heteroatoms. The minimum atomic E-state index is -4.45. The molecule has 0 atom stereocenters. The zero-order valence-corrected chi connectivity index (χ0v) is 10.4. The normalized spacial score (nSPS) is 11.9. The number of hydrogen-bond donors (Lipinski definition) is 1. The number of aryl methyl sites for hydroxylation is 1. The average molecular weight is 267 g/mol. The molecule has 0 saturated carbocycles. The van der Waals surface area contributed by atoms with Crippen LogP contribution in [0.5, 0.6) is 0 Å². The van der Waals surface area contributed by atoms with Gasteiger partial charge in [0.05, 0.1) is 16.3 Å². The first-order valence-electron chi connectivity index (χ1n) is 5.30. The van der Waals surface area contributed by atoms with Crippen molar-refractivity contribution >= 4 is 17.4 Å². The third-order valence-electron chi connectivity index (χ3n) is 2.52. The summed E-state index contributed by atoms with van der Waals surface area (Å²) in [6.07, 6.45) is -2.76. The Bertz CT molecular complexity index is 416. The maximum atomic E-state index is 12.9. The minimum Gasteiger partial charge on any atom is -0.382 e. The Balaban J connectivity index is 3.36. The second kappa shape index (κ2) is 5.12. The molecule has 0 aliphatic heterocycles. The average Bonchev–Trinajstić information content (AvgIpc) is 2.20. The molecule has 1 rings (SSSR count). The van der Waals surface area contributed by atoms with Gasteiger partial charge in [0.25, 0.3) is 0 Å². The Morgan fingerprint density at radius 2 is 1.94 bits per heavy atom. The molecule has 2 N–H and O–H groups in total. The van der Waals surface area contributed by atoms with Crippen molar-refractivity contribution < 1.29 is 13.2 Å². The second-order valence-corrected chi connectivity index (χ2v) is 4.24. The molecular weight excluding hydrogens is 253 g/mol. The van der Waals surface area contributed by atoms with Crippen molar-refractivity contribution in [2.75, 3.05) is 5.73 Å². The highest BCUT2D eigenvalue weighted by molar-refractivity contribution is 6.33. The van der Waals surface area contributed by atoms with E-state index in [0.717, 1.165) is 6.42 Å². The van der Waals surface area contributed by atoms with Gasteiger partial charge in [-0.1, -0.05) is 24.9 Å². The summed E-state index contributed by atoms with van der Waals surface area (Å²) in [4.78, 5) is 3.76. The van der Waals surface area contributed by atoms with Gasteiger partial charge in [-0.3, -0.25) is 0 Å². The topological polar surface area (TPSA) is 38.9 Å². The zero-order chi connectivity index (χ0) is 13.2. The fraction of sp³-hybridized carbons (Fsp3) is 0.545. The van der Waals surface area contributed by atoms with Crippen LogP contribution in [0.25, 0.3) is 0 Å². The van der Waals surface area contributed by atoms with Crippen LogP contribution < -0.4 is 5.73 Å². The molecule has 0 saturated heterocycles. The first kappa shape index (κ1) is 14.1. The monoisotopic (exact) mass is 266 g/mol. The fourth-order valence-electron chi connectivity index (χ4n) is 1.67. The van der Waals surface area contributed by atoms with E-state index in [1.807, 2.05) is 6.92 Å². The number of alkyl halides is 3. The molecule has 0 spiro atoms. The summed E-state index contributed by atoms with van der Waals surface area (Å²) >= 11 is 5.71. The highest BCUT2D eigenvalue weighted by atomic mass is 35.5. The lowest BCUT2D eigenvalue weighted by Crippen LogP contribution is -2.15. The van der Waals surface area contributed by atoms with Gasteiger partial charge in [0.15, 0.2) is 0 Å². The molecule has 0 amide bonds. The van der Waals surface area contributed by atoms with Crippen LogP contribution in [0, 0.1) is 6.92 Å². The highest BCUT2D eigenvalue weighted by Crippen LogP contribution is 2.38. The van der Waals surface area contributed by atoms with Gasteiger partial charge in [0.1, 0.15) is 5.82 Å². The smallest absolute Gasteiger partial charge is 0.382 e. The summed E-state index contributed by atoms with van der Waals surface area (Å²) in [5, 5.41) is -0.113. The molecule has 0 bridgehead atoms. The number of anilines is 1. The lowest BCUT2D eigenvalue weighted by molar-refractivity contribution is -0.138. The van der Waals surface area contributed by atoms with Gasteiger partial charge in [-0.25, -0.2) is 4.98 Å². The van der Waals surface area contributed by atoms with E-state index in [-0.39, 0.29) is 28.5 Å². The molecule has 1 aromatic rings. The zero-order valence-electron chi connectivity index (χ0n) is 9.66. The van der Waals surface area contributed by atoms with Crippen molar-refractivity contribution in [3.8, 4) is 0 Å². The molecule has 96 valence electrons. The van der Waals surface area contributed by atoms with Crippen molar-refractivity contribution in [2.24, 2.45) is 0 Å². The minimum absolute atomic E-state index is 0.0150. The number of nitrogen functional groups attached to an aromatic ring is 1. The highest BCUT2D eigenvalue weighted by Gasteiger charge is 2.37. The van der Waals surface area contributed by atoms with E-state index >= 15 is 0 Å². The Morgan fingerprint density at radius 1 is 1.35 bits per heavy atom. The van der Waals surface area contributed by atoms with Gasteiger partial charge in [0, 0.05) is 0 Å². The predicted octanol–water partition coefficient (Wildman–Crippen LogP) is 3.99. The van der Waals surface area contributed by atoms with Crippen LogP contribution >= 0.6 is 11.6 Å². The SMILES string of the molecule is CCCCc1nc(N)c(Cl)c(C)c1C(F)(F)F. The molecule has 1 heterocycles. The molecule has 0 aromatic carbocycles. The van der Waals surface area contributed by atoms with E-state index in [0.29, 0.717) is 6.42 Å². The Morgan fingerprint density at radius 3 is 2.41 bits per heavy atom. The number of pyridine rings is 1. The Kier molecular flexibility index (Phi) is 4.25. The molecule has 0 fully saturated rings. The summed E-state index contributed by atoms with van der Waals surface area (Å²) in [6.45, 7) is 3.22. The van der Waals surface area contributed by atoms with Crippen molar-refractivity contribution in [3.05, 3.63) is 21.8 Å². The quantitative estimate of drug-likeness (QED) is 0.898. The van der Waals surface area contributed by atoms with Gasteiger partial charge in [0.2, 0.25) is 0 Å². The van der Waals surface area contributed by atoms with E-state index in [9.17, 15) is 13.2 Å². The summed E-state index contributed by atoms with van der Waals surface area (Å²) in [7, 11) is 0. The first-order chi connectivity index (χ1) is 7.79. The molecular formula is C11H14ClF3N2. The molecule has 17 heavy (non-hydrogen) atoms. The van der Waals surface area contributed by atoms with Crippen molar-refractivity contribution in [1.82, 2.24) is 4.98 Å². The van der Waals surface area contributed by atoms with E-state index in [1.54, 1.807) is 0 Å². The van der Waals surface area contributed by atoms with Gasteiger partial charge >= 0.3 is 6.18 Å². The lowest BCUT2D eigenvalue weighted by Gasteiger charge is -2.17. The maximum absolute atomic E-state index is 12.9. The van der Waals surface area contributed by atoms with Crippen LogP contribution in [0.4, 0.5) is 19.0 Å². The molecule has 0 aliphatic carbocycles. The van der Waals surface area contributed by atoms with Crippen molar-refractivity contribution in [2.45, 2.75) is 39.3 Å². The van der Waals surface area contributed by atoms with E-state index in [1.165, 1.54) is 6.92 Å². The molecule has 1 aromatic heterocycles. The first-order valence-corrected chi connectivity index (χ1v) is 5.68. The van der Waals surface area contributed by atoms with Crippen molar-refractivity contribution in [3.63, 3.8) is 0 Å². The summed E-state index contributed by atoms with van der Waals surface area (Å²) in [5.74, 6) is -0.0386. The molecule has 0 unspecified atom stereocenters. The predicted molar refractivity (Wildman–Crippen MR) is 62.0 cm³/mol. The van der Waals surface area contributed by atoms with Crippen LogP contribution in [-0.4, -0.2) is 4.98 Å². The maximum Gasteiger partial charge on any atom is 0.418 e. The van der Waals surface area contributed by atoms with Crippen LogP contribution in [0.15, 0.2) is 0 Å². The fourth-order valence-corrected chi connectivity index (χ4v) is 1.81. The van der Waals surface area contributed by atoms with Gasteiger partial charge < -0.3 is 5.73 Å². The Hall–Kier alpha value is -0.970. The summed E-state index contributed by atoms with van der Waals surface area (Å²) in [6, 6.07) is 0. The van der Waals surface area contributed by atoms with Crippen LogP contribution in [0.2, 0.25) is 5.02 Å². The van der Waals surface area contributed by atoms with Crippen molar-refractivity contribution in [1.29, 1.82) is 0 Å². The van der Waals surface area contributed by atoms with Gasteiger partial charge in [-0.2, -0.15) is 13.2 Å². The molecule has 0 aliphatic rings. The number of hydrogen-bond acceptors (Lipinski definition) is 2. The van der Waals surface area contributed by atoms with Gasteiger partial charge in [-0.05, 0) is 25.3 Å². The number of halogens is 4. The standard InChI is InChI=1S/C11H14ClF3N2/c1-3-4-5-7-8(11(13,14)15)6(2)9(12)10(16)17-7/h3-5H2,1-2H3,(H2,16,17). The number of rotatable bonds is 3. The van der Waals surface area contributed by atoms with E-state index in [4.69, 9.17) is 17.3 Å². The number of aromatic nitrogens is 1. The van der Waals surface area contributed by atoms with Gasteiger partial charge in [-0.15, -0.1) is 0 Å². The van der Waals surface area contributed by atoms with E-state index in [2.05, 4.69) is 4.98 Å². The number of unbranched alkanes of at least 4 members (excludes halogenated alkanes) is 1. The third-order valence-corrected chi connectivity index (χ3v) is 3.00. The van der Waals surface area contributed by atoms with Crippen LogP contribution in [0.1, 0.15) is 36.6 Å². The summed E-state index contributed by atoms with van der Waals surface area (Å²) < 4.78 is 38.7.